The van der Waals surface area contributed by atoms with Crippen molar-refractivity contribution in [2.75, 3.05) is 26.8 Å². The second-order valence-electron chi connectivity index (χ2n) is 7.36. The molecular weight excluding hydrogens is 357 g/mol. The summed E-state index contributed by atoms with van der Waals surface area (Å²) in [6, 6.07) is 13.4. The Kier molecular flexibility index (Phi) is 7.43. The molecule has 0 heterocycles. The molecule has 1 N–H and O–H groups in total. The van der Waals surface area contributed by atoms with E-state index in [2.05, 4.69) is 23.1 Å². The summed E-state index contributed by atoms with van der Waals surface area (Å²) >= 11 is 0. The van der Waals surface area contributed by atoms with Crippen LogP contribution < -0.4 is 4.74 Å². The van der Waals surface area contributed by atoms with Crippen molar-refractivity contribution in [2.45, 2.75) is 44.9 Å². The molecule has 1 aliphatic rings. The lowest BCUT2D eigenvalue weighted by Crippen LogP contribution is -2.35. The lowest BCUT2D eigenvalue weighted by Gasteiger charge is -2.28. The lowest BCUT2D eigenvalue weighted by atomic mass is 9.89. The van der Waals surface area contributed by atoms with E-state index in [4.69, 9.17) is 9.47 Å². The minimum absolute atomic E-state index is 0.0605. The molecule has 2 aromatic carbocycles. The summed E-state index contributed by atoms with van der Waals surface area (Å²) in [6.07, 6.45) is 2.68. The van der Waals surface area contributed by atoms with E-state index in [9.17, 15) is 9.50 Å². The molecular formula is C23H30FNO3. The van der Waals surface area contributed by atoms with Crippen LogP contribution >= 0.6 is 0 Å². The fraction of sp³-hybridized carbons (Fsp3) is 0.478. The zero-order chi connectivity index (χ0) is 19.9. The minimum atomic E-state index is -0.586. The Hall–Kier alpha value is -1.95. The number of benzene rings is 2. The molecule has 2 aromatic rings. The quantitative estimate of drug-likeness (QED) is 0.703. The van der Waals surface area contributed by atoms with Crippen LogP contribution in [0.25, 0.3) is 0 Å². The molecule has 0 saturated carbocycles. The Bertz CT molecular complexity index is 767. The van der Waals surface area contributed by atoms with E-state index in [-0.39, 0.29) is 17.7 Å². The number of nitrogens with zero attached hydrogens (tertiary/aromatic N) is 1. The van der Waals surface area contributed by atoms with E-state index in [0.29, 0.717) is 19.7 Å². The number of likely N-dealkylation sites (N-methyl/N-ethyl adjacent to an activating group) is 1. The standard InChI is InChI=1S/C23H30FNO3/c1-3-25(14-17-11-12-23(27-2)21(24)13-17)15-19(26)16-28-22-10-6-8-18-7-4-5-9-20(18)22/h4-5,7,9,11-13,19,22,26H,3,6,8,10,14-16H2,1-2H3/t19-,22-/m0/s1. The molecule has 1 aliphatic carbocycles. The summed E-state index contributed by atoms with van der Waals surface area (Å²) in [5, 5.41) is 10.5. The van der Waals surface area contributed by atoms with Gasteiger partial charge in [-0.05, 0) is 54.6 Å². The van der Waals surface area contributed by atoms with E-state index in [0.717, 1.165) is 31.4 Å². The van der Waals surface area contributed by atoms with Crippen LogP contribution in [0.2, 0.25) is 0 Å². The van der Waals surface area contributed by atoms with Crippen LogP contribution in [0.4, 0.5) is 4.39 Å². The van der Waals surface area contributed by atoms with Crippen LogP contribution in [0, 0.1) is 5.82 Å². The van der Waals surface area contributed by atoms with Gasteiger partial charge in [-0.25, -0.2) is 4.39 Å². The van der Waals surface area contributed by atoms with E-state index >= 15 is 0 Å². The van der Waals surface area contributed by atoms with Crippen molar-refractivity contribution in [1.29, 1.82) is 0 Å². The van der Waals surface area contributed by atoms with Gasteiger partial charge in [-0.3, -0.25) is 4.90 Å². The number of fused-ring (bicyclic) bond motifs is 1. The number of hydrogen-bond donors (Lipinski definition) is 1. The van der Waals surface area contributed by atoms with Crippen LogP contribution in [-0.4, -0.2) is 42.9 Å². The highest BCUT2D eigenvalue weighted by Crippen LogP contribution is 2.32. The van der Waals surface area contributed by atoms with Gasteiger partial charge in [0, 0.05) is 13.1 Å². The first-order valence-electron chi connectivity index (χ1n) is 10.0. The molecule has 0 fully saturated rings. The molecule has 0 spiro atoms. The Labute approximate surface area is 166 Å². The number of halogens is 1. The summed E-state index contributed by atoms with van der Waals surface area (Å²) in [6.45, 7) is 4.15. The van der Waals surface area contributed by atoms with Crippen LogP contribution in [0.1, 0.15) is 42.6 Å². The highest BCUT2D eigenvalue weighted by Gasteiger charge is 2.22. The lowest BCUT2D eigenvalue weighted by molar-refractivity contribution is -0.0284. The Balaban J connectivity index is 1.52. The molecule has 0 unspecified atom stereocenters. The van der Waals surface area contributed by atoms with Crippen LogP contribution in [0.15, 0.2) is 42.5 Å². The molecule has 0 saturated heterocycles. The Morgan fingerprint density at radius 3 is 2.82 bits per heavy atom. The van der Waals surface area contributed by atoms with Gasteiger partial charge in [0.2, 0.25) is 0 Å². The maximum Gasteiger partial charge on any atom is 0.165 e. The number of ether oxygens (including phenoxy) is 2. The van der Waals surface area contributed by atoms with Crippen molar-refractivity contribution >= 4 is 0 Å². The predicted octanol–water partition coefficient (Wildman–Crippen LogP) is 4.11. The third kappa shape index (κ3) is 5.31. The molecule has 152 valence electrons. The van der Waals surface area contributed by atoms with Crippen molar-refractivity contribution in [3.05, 3.63) is 65.0 Å². The van der Waals surface area contributed by atoms with E-state index in [1.165, 1.54) is 24.3 Å². The van der Waals surface area contributed by atoms with Crippen molar-refractivity contribution in [2.24, 2.45) is 0 Å². The monoisotopic (exact) mass is 387 g/mol. The first kappa shape index (κ1) is 20.8. The number of hydrogen-bond acceptors (Lipinski definition) is 4. The second-order valence-corrected chi connectivity index (χ2v) is 7.36. The molecule has 0 bridgehead atoms. The summed E-state index contributed by atoms with van der Waals surface area (Å²) in [7, 11) is 1.46. The van der Waals surface area contributed by atoms with Gasteiger partial charge in [0.05, 0.1) is 25.9 Å². The van der Waals surface area contributed by atoms with Gasteiger partial charge in [-0.15, -0.1) is 0 Å². The SMILES string of the molecule is CCN(Cc1ccc(OC)c(F)c1)C[C@H](O)CO[C@H]1CCCc2ccccc21. The maximum atomic E-state index is 13.9. The first-order valence-corrected chi connectivity index (χ1v) is 10.0. The highest BCUT2D eigenvalue weighted by atomic mass is 19.1. The highest BCUT2D eigenvalue weighted by molar-refractivity contribution is 5.31. The molecule has 2 atom stereocenters. The zero-order valence-corrected chi connectivity index (χ0v) is 16.7. The van der Waals surface area contributed by atoms with Gasteiger partial charge in [-0.1, -0.05) is 37.3 Å². The van der Waals surface area contributed by atoms with Crippen LogP contribution in [0.5, 0.6) is 5.75 Å². The third-order valence-electron chi connectivity index (χ3n) is 5.34. The van der Waals surface area contributed by atoms with Crippen LogP contribution in [0.3, 0.4) is 0 Å². The smallest absolute Gasteiger partial charge is 0.165 e. The van der Waals surface area contributed by atoms with Gasteiger partial charge in [0.25, 0.3) is 0 Å². The first-order chi connectivity index (χ1) is 13.6. The van der Waals surface area contributed by atoms with Gasteiger partial charge in [0.15, 0.2) is 11.6 Å². The average molecular weight is 387 g/mol. The number of methoxy groups -OCH3 is 1. The summed E-state index contributed by atoms with van der Waals surface area (Å²) in [5.74, 6) is -0.121. The van der Waals surface area contributed by atoms with Crippen molar-refractivity contribution < 1.29 is 19.0 Å². The molecule has 5 heteroatoms. The van der Waals surface area contributed by atoms with Crippen molar-refractivity contribution in [3.63, 3.8) is 0 Å². The minimum Gasteiger partial charge on any atom is -0.494 e. The Morgan fingerprint density at radius 2 is 2.07 bits per heavy atom. The number of aliphatic hydroxyl groups excluding tert-OH is 1. The van der Waals surface area contributed by atoms with Gasteiger partial charge < -0.3 is 14.6 Å². The number of aliphatic hydroxyl groups is 1. The normalized spacial score (nSPS) is 17.4. The number of aryl methyl sites for hydroxylation is 1. The van der Waals surface area contributed by atoms with Crippen molar-refractivity contribution in [1.82, 2.24) is 4.90 Å². The molecule has 0 amide bonds. The molecule has 0 aliphatic heterocycles. The largest absolute Gasteiger partial charge is 0.494 e. The van der Waals surface area contributed by atoms with E-state index in [1.807, 2.05) is 19.1 Å². The van der Waals surface area contributed by atoms with Gasteiger partial charge in [-0.2, -0.15) is 0 Å². The fourth-order valence-electron chi connectivity index (χ4n) is 3.83. The molecule has 0 aromatic heterocycles. The van der Waals surface area contributed by atoms with Crippen LogP contribution in [-0.2, 0) is 17.7 Å². The summed E-state index contributed by atoms with van der Waals surface area (Å²) in [4.78, 5) is 2.09. The summed E-state index contributed by atoms with van der Waals surface area (Å²) in [5.41, 5.74) is 3.46. The van der Waals surface area contributed by atoms with Gasteiger partial charge >= 0.3 is 0 Å². The van der Waals surface area contributed by atoms with Gasteiger partial charge in [0.1, 0.15) is 0 Å². The fourth-order valence-corrected chi connectivity index (χ4v) is 3.83. The van der Waals surface area contributed by atoms with E-state index < -0.39 is 6.10 Å². The van der Waals surface area contributed by atoms with Crippen molar-refractivity contribution in [3.8, 4) is 5.75 Å². The molecule has 3 rings (SSSR count). The molecule has 28 heavy (non-hydrogen) atoms. The predicted molar refractivity (Wildman–Crippen MR) is 108 cm³/mol. The third-order valence-corrected chi connectivity index (χ3v) is 5.34. The topological polar surface area (TPSA) is 41.9 Å². The summed E-state index contributed by atoms with van der Waals surface area (Å²) < 4.78 is 24.9. The maximum absolute atomic E-state index is 13.9. The number of rotatable bonds is 9. The zero-order valence-electron chi connectivity index (χ0n) is 16.7. The molecule has 0 radical (unpaired) electrons. The van der Waals surface area contributed by atoms with E-state index in [1.54, 1.807) is 6.07 Å². The second kappa shape index (κ2) is 10.0. The average Bonchev–Trinajstić information content (AvgIpc) is 2.72. The molecule has 4 nitrogen and oxygen atoms in total. The Morgan fingerprint density at radius 1 is 1.25 bits per heavy atom.